The first-order chi connectivity index (χ1) is 8.58. The Bertz CT molecular complexity index is 251. The summed E-state index contributed by atoms with van der Waals surface area (Å²) in [7, 11) is -5.84. The summed E-state index contributed by atoms with van der Waals surface area (Å²) in [4.78, 5) is 20.0. The van der Waals surface area contributed by atoms with E-state index >= 15 is 0 Å². The van der Waals surface area contributed by atoms with Crippen molar-refractivity contribution >= 4 is 54.2 Å². The third-order valence-corrected chi connectivity index (χ3v) is 4.18. The van der Waals surface area contributed by atoms with Crippen LogP contribution < -0.4 is 9.79 Å². The molecule has 0 N–H and O–H groups in total. The van der Waals surface area contributed by atoms with Crippen molar-refractivity contribution in [2.75, 3.05) is 0 Å². The van der Waals surface area contributed by atoms with Crippen LogP contribution in [0.1, 0.15) is 51.4 Å². The van der Waals surface area contributed by atoms with Crippen LogP contribution in [0.4, 0.5) is 0 Å². The van der Waals surface area contributed by atoms with Gasteiger partial charge in [-0.1, -0.05) is 25.7 Å². The Kier molecular flexibility index (Phi) is 13.1. The smallest absolute Gasteiger partial charge is 0.781 e. The molecular weight excluding hydrogens is 318 g/mol. The van der Waals surface area contributed by atoms with Gasteiger partial charge in [0.15, 0.2) is 0 Å². The van der Waals surface area contributed by atoms with E-state index in [-0.39, 0.29) is 49.9 Å². The maximum absolute atomic E-state index is 10.0. The molecule has 0 spiro atoms. The van der Waals surface area contributed by atoms with Gasteiger partial charge in [-0.15, -0.1) is 0 Å². The van der Waals surface area contributed by atoms with Gasteiger partial charge in [0.1, 0.15) is 16.5 Å². The fourth-order valence-electron chi connectivity index (χ4n) is 2.28. The Morgan fingerprint density at radius 3 is 1.21 bits per heavy atom. The van der Waals surface area contributed by atoms with Crippen molar-refractivity contribution in [3.05, 3.63) is 0 Å². The first kappa shape index (κ1) is 20.6. The topological polar surface area (TPSA) is 98.7 Å². The third-order valence-electron chi connectivity index (χ3n) is 3.13. The van der Waals surface area contributed by atoms with Gasteiger partial charge in [-0.2, -0.15) is 0 Å². The van der Waals surface area contributed by atoms with E-state index in [1.54, 1.807) is 0 Å². The van der Waals surface area contributed by atoms with E-state index in [0.717, 1.165) is 51.4 Å². The molecule has 0 saturated heterocycles. The van der Waals surface area contributed by atoms with E-state index < -0.39 is 16.5 Å². The van der Waals surface area contributed by atoms with Crippen LogP contribution in [-0.4, -0.2) is 49.9 Å². The van der Waals surface area contributed by atoms with Crippen molar-refractivity contribution in [1.29, 1.82) is 0 Å². The first-order valence-electron chi connectivity index (χ1n) is 6.33. The molecule has 9 heteroatoms. The van der Waals surface area contributed by atoms with Crippen molar-refractivity contribution in [2.24, 2.45) is 0 Å². The molecule has 0 heterocycles. The molecule has 108 valence electrons. The fourth-order valence-corrected chi connectivity index (χ4v) is 3.30. The standard InChI is InChI=1S/2C5H11O3P.Ca/c2*6-9(7)8-5-3-1-2-4-5;/h2*5,9H,1-4H2,(H,6,7);/q;;+2/p-2. The molecular formula is C10H20CaO6P2. The molecule has 2 rings (SSSR count). The average Bonchev–Trinajstić information content (AvgIpc) is 2.90. The molecule has 0 aliphatic heterocycles. The van der Waals surface area contributed by atoms with Gasteiger partial charge in [0.05, 0.1) is 12.2 Å². The molecule has 2 atom stereocenters. The summed E-state index contributed by atoms with van der Waals surface area (Å²) < 4.78 is 29.2. The van der Waals surface area contributed by atoms with E-state index in [1.165, 1.54) is 0 Å². The van der Waals surface area contributed by atoms with Crippen LogP contribution in [0, 0.1) is 0 Å². The minimum Gasteiger partial charge on any atom is -0.781 e. The molecule has 0 aromatic heterocycles. The maximum atomic E-state index is 10.0. The summed E-state index contributed by atoms with van der Waals surface area (Å²) >= 11 is 0. The molecule has 2 aliphatic carbocycles. The Balaban J connectivity index is 0.000000324. The predicted molar refractivity (Wildman–Crippen MR) is 70.4 cm³/mol. The molecule has 2 saturated carbocycles. The molecule has 6 nitrogen and oxygen atoms in total. The Morgan fingerprint density at radius 2 is 1.00 bits per heavy atom. The number of rotatable bonds is 4. The number of hydrogen-bond donors (Lipinski definition) is 0. The van der Waals surface area contributed by atoms with E-state index in [9.17, 15) is 18.9 Å². The van der Waals surface area contributed by atoms with Crippen LogP contribution in [0.3, 0.4) is 0 Å². The van der Waals surface area contributed by atoms with Crippen LogP contribution in [0.2, 0.25) is 0 Å². The second-order valence-corrected chi connectivity index (χ2v) is 6.02. The zero-order valence-electron chi connectivity index (χ0n) is 11.0. The van der Waals surface area contributed by atoms with Crippen molar-refractivity contribution in [1.82, 2.24) is 0 Å². The van der Waals surface area contributed by atoms with Gasteiger partial charge in [-0.3, -0.25) is 0 Å². The molecule has 0 radical (unpaired) electrons. The maximum Gasteiger partial charge on any atom is 2.00 e. The zero-order valence-corrected chi connectivity index (χ0v) is 15.2. The van der Waals surface area contributed by atoms with Crippen LogP contribution >= 0.6 is 16.5 Å². The van der Waals surface area contributed by atoms with Crippen molar-refractivity contribution in [3.8, 4) is 0 Å². The third kappa shape index (κ3) is 10.9. The summed E-state index contributed by atoms with van der Waals surface area (Å²) in [5, 5.41) is 0. The molecule has 19 heavy (non-hydrogen) atoms. The summed E-state index contributed by atoms with van der Waals surface area (Å²) in [5.41, 5.74) is 0. The SMILES string of the molecule is O=[PH]([O-])OC1CCCC1.O=[PH]([O-])OC1CCCC1.[Ca+2]. The van der Waals surface area contributed by atoms with Gasteiger partial charge in [0.25, 0.3) is 0 Å². The van der Waals surface area contributed by atoms with E-state index in [4.69, 9.17) is 0 Å². The van der Waals surface area contributed by atoms with Crippen molar-refractivity contribution in [2.45, 2.75) is 63.6 Å². The van der Waals surface area contributed by atoms with Gasteiger partial charge in [-0.05, 0) is 25.7 Å². The van der Waals surface area contributed by atoms with E-state index in [0.29, 0.717) is 0 Å². The summed E-state index contributed by atoms with van der Waals surface area (Å²) in [6.45, 7) is 0. The monoisotopic (exact) mass is 338 g/mol. The van der Waals surface area contributed by atoms with Crippen LogP contribution in [0.25, 0.3) is 0 Å². The molecule has 2 fully saturated rings. The molecule has 0 bridgehead atoms. The Hall–Kier alpha value is 1.56. The second kappa shape index (κ2) is 12.1. The van der Waals surface area contributed by atoms with Crippen LogP contribution in [0.15, 0.2) is 0 Å². The molecule has 2 unspecified atom stereocenters. The quantitative estimate of drug-likeness (QED) is 0.560. The number of hydrogen-bond acceptors (Lipinski definition) is 6. The van der Waals surface area contributed by atoms with Crippen LogP contribution in [-0.2, 0) is 18.2 Å². The molecule has 2 aliphatic rings. The second-order valence-electron chi connectivity index (χ2n) is 4.55. The van der Waals surface area contributed by atoms with Gasteiger partial charge < -0.3 is 28.0 Å². The molecule has 0 aromatic rings. The average molecular weight is 338 g/mol. The summed E-state index contributed by atoms with van der Waals surface area (Å²) in [6, 6.07) is 0. The summed E-state index contributed by atoms with van der Waals surface area (Å²) in [5.74, 6) is 0. The van der Waals surface area contributed by atoms with E-state index in [1.807, 2.05) is 0 Å². The Morgan fingerprint density at radius 1 is 0.737 bits per heavy atom. The van der Waals surface area contributed by atoms with Gasteiger partial charge in [0.2, 0.25) is 0 Å². The van der Waals surface area contributed by atoms with E-state index in [2.05, 4.69) is 9.05 Å². The molecule has 0 aromatic carbocycles. The Labute approximate surface area is 145 Å². The van der Waals surface area contributed by atoms with Gasteiger partial charge >= 0.3 is 37.7 Å². The predicted octanol–water partition coefficient (Wildman–Crippen LogP) is 1.01. The minimum absolute atomic E-state index is 0. The van der Waals surface area contributed by atoms with Gasteiger partial charge in [0, 0.05) is 0 Å². The zero-order chi connectivity index (χ0) is 13.4. The van der Waals surface area contributed by atoms with Gasteiger partial charge in [-0.25, -0.2) is 0 Å². The largest absolute Gasteiger partial charge is 2.00 e. The van der Waals surface area contributed by atoms with Crippen LogP contribution in [0.5, 0.6) is 0 Å². The van der Waals surface area contributed by atoms with Crippen molar-refractivity contribution < 1.29 is 28.0 Å². The summed E-state index contributed by atoms with van der Waals surface area (Å²) in [6.07, 6.45) is 8.12. The van der Waals surface area contributed by atoms with Crippen molar-refractivity contribution in [3.63, 3.8) is 0 Å². The normalized spacial score (nSPS) is 23.3. The first-order valence-corrected chi connectivity index (χ1v) is 8.78. The molecule has 0 amide bonds. The minimum atomic E-state index is -2.92. The fraction of sp³-hybridized carbons (Fsp3) is 1.00.